The lowest BCUT2D eigenvalue weighted by Gasteiger charge is -2.07. The van der Waals surface area contributed by atoms with Gasteiger partial charge in [0.05, 0.1) is 5.69 Å². The van der Waals surface area contributed by atoms with Crippen LogP contribution in [0.15, 0.2) is 18.2 Å². The molecule has 2 amide bonds. The third-order valence-corrected chi connectivity index (χ3v) is 3.72. The number of rotatable bonds is 3. The van der Waals surface area contributed by atoms with Gasteiger partial charge in [-0.15, -0.1) is 11.3 Å². The number of aromatic hydroxyl groups is 1. The highest BCUT2D eigenvalue weighted by Gasteiger charge is 2.12. The van der Waals surface area contributed by atoms with Crippen molar-refractivity contribution in [2.24, 2.45) is 0 Å². The third-order valence-electron chi connectivity index (χ3n) is 2.73. The molecule has 1 aromatic heterocycles. The molecule has 0 aliphatic carbocycles. The Bertz CT molecular complexity index is 692. The molecular formula is C13H13N3O4S. The van der Waals surface area contributed by atoms with Crippen molar-refractivity contribution >= 4 is 34.2 Å². The minimum absolute atomic E-state index is 0.257. The monoisotopic (exact) mass is 307 g/mol. The molecule has 7 nitrogen and oxygen atoms in total. The molecule has 0 saturated heterocycles. The second-order valence-corrected chi connectivity index (χ2v) is 5.48. The normalized spacial score (nSPS) is 10.2. The number of carbonyl (C=O) groups is 2. The number of nitrogens with one attached hydrogen (secondary N) is 2. The number of thiazole rings is 1. The van der Waals surface area contributed by atoms with Crippen molar-refractivity contribution in [1.82, 2.24) is 4.98 Å². The van der Waals surface area contributed by atoms with E-state index in [0.29, 0.717) is 5.13 Å². The van der Waals surface area contributed by atoms with Crippen LogP contribution in [0.2, 0.25) is 0 Å². The Hall–Kier alpha value is -2.61. The fourth-order valence-electron chi connectivity index (χ4n) is 1.57. The number of phenols is 1. The summed E-state index contributed by atoms with van der Waals surface area (Å²) in [5.41, 5.74) is 0.814. The molecule has 0 atom stereocenters. The maximum Gasteiger partial charge on any atom is 0.339 e. The van der Waals surface area contributed by atoms with Gasteiger partial charge in [-0.25, -0.2) is 14.6 Å². The van der Waals surface area contributed by atoms with E-state index in [9.17, 15) is 14.7 Å². The fourth-order valence-corrected chi connectivity index (χ4v) is 2.38. The number of aromatic nitrogens is 1. The number of urea groups is 1. The summed E-state index contributed by atoms with van der Waals surface area (Å²) in [4.78, 5) is 27.9. The Labute approximate surface area is 124 Å². The van der Waals surface area contributed by atoms with Gasteiger partial charge in [0.15, 0.2) is 5.13 Å². The van der Waals surface area contributed by atoms with Gasteiger partial charge in [-0.05, 0) is 32.0 Å². The van der Waals surface area contributed by atoms with Crippen molar-refractivity contribution < 1.29 is 19.8 Å². The first-order valence-corrected chi connectivity index (χ1v) is 6.77. The Morgan fingerprint density at radius 3 is 2.52 bits per heavy atom. The van der Waals surface area contributed by atoms with Crippen LogP contribution in [0.25, 0.3) is 0 Å². The van der Waals surface area contributed by atoms with Crippen LogP contribution in [0.4, 0.5) is 15.6 Å². The van der Waals surface area contributed by atoms with Crippen molar-refractivity contribution in [2.75, 3.05) is 10.6 Å². The number of aryl methyl sites for hydroxylation is 2. The molecular weight excluding hydrogens is 294 g/mol. The molecule has 1 aromatic carbocycles. The van der Waals surface area contributed by atoms with Crippen molar-refractivity contribution in [3.8, 4) is 5.75 Å². The van der Waals surface area contributed by atoms with E-state index >= 15 is 0 Å². The smallest absolute Gasteiger partial charge is 0.339 e. The van der Waals surface area contributed by atoms with Gasteiger partial charge in [0, 0.05) is 10.6 Å². The lowest BCUT2D eigenvalue weighted by Crippen LogP contribution is -2.19. The van der Waals surface area contributed by atoms with Crippen molar-refractivity contribution in [1.29, 1.82) is 0 Å². The summed E-state index contributed by atoms with van der Waals surface area (Å²) in [5.74, 6) is -1.64. The topological polar surface area (TPSA) is 112 Å². The van der Waals surface area contributed by atoms with Gasteiger partial charge in [-0.1, -0.05) is 0 Å². The summed E-state index contributed by atoms with van der Waals surface area (Å²) in [7, 11) is 0. The van der Waals surface area contributed by atoms with Crippen molar-refractivity contribution in [2.45, 2.75) is 13.8 Å². The quantitative estimate of drug-likeness (QED) is 0.651. The molecule has 1 heterocycles. The van der Waals surface area contributed by atoms with Crippen molar-refractivity contribution in [3.05, 3.63) is 34.3 Å². The zero-order valence-corrected chi connectivity index (χ0v) is 12.1. The predicted octanol–water partition coefficient (Wildman–Crippen LogP) is 2.81. The molecule has 21 heavy (non-hydrogen) atoms. The van der Waals surface area contributed by atoms with Crippen LogP contribution in [-0.4, -0.2) is 27.2 Å². The molecule has 0 radical (unpaired) electrons. The van der Waals surface area contributed by atoms with Crippen LogP contribution in [-0.2, 0) is 0 Å². The number of nitrogens with zero attached hydrogens (tertiary/aromatic N) is 1. The van der Waals surface area contributed by atoms with E-state index in [4.69, 9.17) is 5.11 Å². The average molecular weight is 307 g/mol. The molecule has 0 unspecified atom stereocenters. The summed E-state index contributed by atoms with van der Waals surface area (Å²) < 4.78 is 0. The maximum absolute atomic E-state index is 11.8. The number of hydrogen-bond donors (Lipinski definition) is 4. The molecule has 8 heteroatoms. The number of anilines is 2. The summed E-state index contributed by atoms with van der Waals surface area (Å²) in [6.45, 7) is 3.74. The van der Waals surface area contributed by atoms with E-state index in [1.165, 1.54) is 29.5 Å². The van der Waals surface area contributed by atoms with Crippen LogP contribution in [0.5, 0.6) is 5.75 Å². The number of benzene rings is 1. The largest absolute Gasteiger partial charge is 0.507 e. The van der Waals surface area contributed by atoms with Gasteiger partial charge in [-0.2, -0.15) is 0 Å². The molecule has 0 bridgehead atoms. The molecule has 0 saturated carbocycles. The number of carboxylic acid groups (broad SMARTS) is 1. The zero-order valence-electron chi connectivity index (χ0n) is 11.3. The van der Waals surface area contributed by atoms with Gasteiger partial charge < -0.3 is 15.5 Å². The SMILES string of the molecule is Cc1nc(NC(=O)Nc2ccc(O)c(C(=O)O)c2)sc1C. The predicted molar refractivity (Wildman–Crippen MR) is 79.3 cm³/mol. The summed E-state index contributed by atoms with van der Waals surface area (Å²) in [5, 5.41) is 23.8. The van der Waals surface area contributed by atoms with E-state index in [0.717, 1.165) is 10.6 Å². The minimum atomic E-state index is -1.28. The molecule has 2 rings (SSSR count). The Morgan fingerprint density at radius 1 is 1.24 bits per heavy atom. The van der Waals surface area contributed by atoms with E-state index in [1.54, 1.807) is 0 Å². The molecule has 0 spiro atoms. The lowest BCUT2D eigenvalue weighted by atomic mass is 10.2. The highest BCUT2D eigenvalue weighted by atomic mass is 32.1. The molecule has 0 aliphatic heterocycles. The maximum atomic E-state index is 11.8. The average Bonchev–Trinajstić information content (AvgIpc) is 2.70. The van der Waals surface area contributed by atoms with Gasteiger partial charge in [0.2, 0.25) is 0 Å². The van der Waals surface area contributed by atoms with E-state index < -0.39 is 12.0 Å². The number of hydrogen-bond acceptors (Lipinski definition) is 5. The molecule has 0 aliphatic rings. The van der Waals surface area contributed by atoms with Crippen LogP contribution in [0, 0.1) is 13.8 Å². The highest BCUT2D eigenvalue weighted by Crippen LogP contribution is 2.23. The molecule has 4 N–H and O–H groups in total. The van der Waals surface area contributed by atoms with Crippen LogP contribution in [0.3, 0.4) is 0 Å². The first-order chi connectivity index (χ1) is 9.86. The standard InChI is InChI=1S/C13H13N3O4S/c1-6-7(2)21-13(14-6)16-12(20)15-8-3-4-10(17)9(5-8)11(18)19/h3-5,17H,1-2H3,(H,18,19)(H2,14,15,16,20). The summed E-state index contributed by atoms with van der Waals surface area (Å²) >= 11 is 1.35. The summed E-state index contributed by atoms with van der Waals surface area (Å²) in [6, 6.07) is 3.25. The highest BCUT2D eigenvalue weighted by molar-refractivity contribution is 7.15. The number of amides is 2. The van der Waals surface area contributed by atoms with E-state index in [2.05, 4.69) is 15.6 Å². The minimum Gasteiger partial charge on any atom is -0.507 e. The lowest BCUT2D eigenvalue weighted by molar-refractivity contribution is 0.0693. The number of carboxylic acids is 1. The third kappa shape index (κ3) is 3.48. The fraction of sp³-hybridized carbons (Fsp3) is 0.154. The van der Waals surface area contributed by atoms with Crippen LogP contribution in [0.1, 0.15) is 20.9 Å². The zero-order chi connectivity index (χ0) is 15.6. The van der Waals surface area contributed by atoms with Crippen molar-refractivity contribution in [3.63, 3.8) is 0 Å². The summed E-state index contributed by atoms with van der Waals surface area (Å²) in [6.07, 6.45) is 0. The first-order valence-electron chi connectivity index (χ1n) is 5.95. The van der Waals surface area contributed by atoms with E-state index in [1.807, 2.05) is 13.8 Å². The second-order valence-electron chi connectivity index (χ2n) is 4.28. The van der Waals surface area contributed by atoms with Gasteiger partial charge in [0.25, 0.3) is 0 Å². The number of carbonyl (C=O) groups excluding carboxylic acids is 1. The van der Waals surface area contributed by atoms with Crippen LogP contribution < -0.4 is 10.6 Å². The van der Waals surface area contributed by atoms with E-state index in [-0.39, 0.29) is 17.0 Å². The van der Waals surface area contributed by atoms with Crippen LogP contribution >= 0.6 is 11.3 Å². The van der Waals surface area contributed by atoms with Gasteiger partial charge in [0.1, 0.15) is 11.3 Å². The second kappa shape index (κ2) is 5.80. The molecule has 0 fully saturated rings. The Balaban J connectivity index is 2.09. The first kappa shape index (κ1) is 14.8. The van der Waals surface area contributed by atoms with Gasteiger partial charge >= 0.3 is 12.0 Å². The number of aromatic carboxylic acids is 1. The Kier molecular flexibility index (Phi) is 4.08. The van der Waals surface area contributed by atoms with Gasteiger partial charge in [-0.3, -0.25) is 5.32 Å². The molecule has 2 aromatic rings. The molecule has 110 valence electrons. The Morgan fingerprint density at radius 2 is 1.95 bits per heavy atom.